The van der Waals surface area contributed by atoms with E-state index in [0.717, 1.165) is 5.56 Å². The molecule has 158 valence electrons. The number of amides is 1. The number of furan rings is 2. The molecule has 1 amide bonds. The molecule has 1 unspecified atom stereocenters. The first-order valence-electron chi connectivity index (χ1n) is 9.70. The largest absolute Gasteiger partial charge is 0.466 e. The first-order valence-corrected chi connectivity index (χ1v) is 9.70. The van der Waals surface area contributed by atoms with Gasteiger partial charge in [0, 0.05) is 12.2 Å². The van der Waals surface area contributed by atoms with Gasteiger partial charge in [0.05, 0.1) is 25.6 Å². The molecule has 0 spiro atoms. The molecule has 0 aliphatic carbocycles. The number of nitrogens with zero attached hydrogens (tertiary/aromatic N) is 1. The highest BCUT2D eigenvalue weighted by Gasteiger charge is 2.26. The quantitative estimate of drug-likeness (QED) is 0.335. The fourth-order valence-electron chi connectivity index (χ4n) is 2.73. The van der Waals surface area contributed by atoms with Crippen LogP contribution < -0.4 is 16.0 Å². The lowest BCUT2D eigenvalue weighted by Gasteiger charge is -2.22. The summed E-state index contributed by atoms with van der Waals surface area (Å²) >= 11 is 0. The molecule has 0 saturated carbocycles. The summed E-state index contributed by atoms with van der Waals surface area (Å²) in [7, 11) is 0. The number of carbonyl (C=O) groups is 1. The van der Waals surface area contributed by atoms with Crippen LogP contribution in [0.3, 0.4) is 0 Å². The fraction of sp³-hybridized carbons (Fsp3) is 0.273. The maximum absolute atomic E-state index is 12.0. The lowest BCUT2D eigenvalue weighted by Crippen LogP contribution is -2.44. The number of aliphatic imine (C=N–C) groups is 1. The van der Waals surface area contributed by atoms with Crippen LogP contribution in [0.15, 0.2) is 74.9 Å². The Morgan fingerprint density at radius 2 is 1.80 bits per heavy atom. The van der Waals surface area contributed by atoms with Gasteiger partial charge in [0.25, 0.3) is 5.91 Å². The molecule has 3 aromatic rings. The van der Waals surface area contributed by atoms with Crippen molar-refractivity contribution in [2.45, 2.75) is 26.0 Å². The summed E-state index contributed by atoms with van der Waals surface area (Å²) in [5.41, 5.74) is 0.484. The van der Waals surface area contributed by atoms with Gasteiger partial charge in [-0.15, -0.1) is 0 Å². The predicted molar refractivity (Wildman–Crippen MR) is 114 cm³/mol. The van der Waals surface area contributed by atoms with Crippen molar-refractivity contribution >= 4 is 17.6 Å². The molecule has 4 N–H and O–H groups in total. The molecule has 8 heteroatoms. The molecule has 30 heavy (non-hydrogen) atoms. The van der Waals surface area contributed by atoms with Crippen LogP contribution in [0, 0.1) is 0 Å². The molecule has 0 radical (unpaired) electrons. The molecular formula is C22H26N4O4. The minimum atomic E-state index is -1.16. The maximum atomic E-state index is 12.0. The van der Waals surface area contributed by atoms with Gasteiger partial charge >= 0.3 is 0 Å². The fourth-order valence-corrected chi connectivity index (χ4v) is 2.73. The van der Waals surface area contributed by atoms with E-state index >= 15 is 0 Å². The summed E-state index contributed by atoms with van der Waals surface area (Å²) in [4.78, 5) is 16.6. The minimum Gasteiger partial charge on any atom is -0.466 e. The Morgan fingerprint density at radius 3 is 2.43 bits per heavy atom. The Labute approximate surface area is 175 Å². The normalized spacial score (nSPS) is 13.5. The summed E-state index contributed by atoms with van der Waals surface area (Å²) in [6.45, 7) is 5.01. The van der Waals surface area contributed by atoms with Crippen LogP contribution in [-0.2, 0) is 12.1 Å². The summed E-state index contributed by atoms with van der Waals surface area (Å²) in [5, 5.41) is 19.6. The molecule has 2 heterocycles. The average molecular weight is 410 g/mol. The van der Waals surface area contributed by atoms with Gasteiger partial charge in [0.1, 0.15) is 11.4 Å². The number of hydrogen-bond acceptors (Lipinski definition) is 5. The Balaban J connectivity index is 1.57. The number of carbonyl (C=O) groups excluding carboxylic acids is 1. The highest BCUT2D eigenvalue weighted by Crippen LogP contribution is 2.19. The summed E-state index contributed by atoms with van der Waals surface area (Å²) in [6.07, 6.45) is 2.99. The van der Waals surface area contributed by atoms with E-state index in [0.29, 0.717) is 30.5 Å². The van der Waals surface area contributed by atoms with E-state index in [-0.39, 0.29) is 18.2 Å². The summed E-state index contributed by atoms with van der Waals surface area (Å²) < 4.78 is 10.4. The first-order chi connectivity index (χ1) is 14.5. The van der Waals surface area contributed by atoms with Crippen LogP contribution in [0.4, 0.5) is 5.69 Å². The molecule has 0 aliphatic heterocycles. The number of hydrogen-bond donors (Lipinski definition) is 4. The minimum absolute atomic E-state index is 0.240. The first kappa shape index (κ1) is 21.2. The molecule has 1 aromatic carbocycles. The van der Waals surface area contributed by atoms with Crippen LogP contribution in [0.2, 0.25) is 0 Å². The number of rotatable bonds is 8. The van der Waals surface area contributed by atoms with Gasteiger partial charge in [-0.1, -0.05) is 12.1 Å². The van der Waals surface area contributed by atoms with Crippen LogP contribution in [0.1, 0.15) is 35.7 Å². The summed E-state index contributed by atoms with van der Waals surface area (Å²) in [5.74, 6) is 1.03. The van der Waals surface area contributed by atoms with Gasteiger partial charge < -0.3 is 29.9 Å². The van der Waals surface area contributed by atoms with E-state index in [4.69, 9.17) is 8.83 Å². The molecule has 1 atom stereocenters. The van der Waals surface area contributed by atoms with E-state index in [9.17, 15) is 9.90 Å². The second-order valence-corrected chi connectivity index (χ2v) is 6.93. The van der Waals surface area contributed by atoms with E-state index in [1.165, 1.54) is 12.5 Å². The van der Waals surface area contributed by atoms with E-state index in [1.54, 1.807) is 31.2 Å². The Bertz CT molecular complexity index is 946. The van der Waals surface area contributed by atoms with Crippen molar-refractivity contribution in [2.75, 3.05) is 18.4 Å². The lowest BCUT2D eigenvalue weighted by atomic mass is 10.0. The molecule has 0 fully saturated rings. The molecular weight excluding hydrogens is 384 g/mol. The number of anilines is 1. The molecule has 2 aromatic heterocycles. The molecule has 0 saturated heterocycles. The van der Waals surface area contributed by atoms with Crippen molar-refractivity contribution in [3.8, 4) is 0 Å². The zero-order valence-electron chi connectivity index (χ0n) is 17.0. The van der Waals surface area contributed by atoms with Gasteiger partial charge in [-0.2, -0.15) is 0 Å². The van der Waals surface area contributed by atoms with Gasteiger partial charge in [-0.3, -0.25) is 4.79 Å². The third-order valence-electron chi connectivity index (χ3n) is 4.37. The third kappa shape index (κ3) is 5.74. The van der Waals surface area contributed by atoms with Crippen LogP contribution in [-0.4, -0.2) is 30.1 Å². The second kappa shape index (κ2) is 9.80. The molecule has 0 aliphatic rings. The number of aliphatic hydroxyl groups is 1. The van der Waals surface area contributed by atoms with Gasteiger partial charge in [0.15, 0.2) is 11.7 Å². The standard InChI is InChI=1S/C22H26N4O4/c1-3-23-21(25-15-22(2,28)19-7-5-13-30-19)24-14-16-8-10-17(11-9-16)26-20(27)18-6-4-12-29-18/h4-13,28H,3,14-15H2,1-2H3,(H,26,27)(H2,23,24,25). The summed E-state index contributed by atoms with van der Waals surface area (Å²) in [6, 6.07) is 14.2. The number of benzene rings is 1. The predicted octanol–water partition coefficient (Wildman–Crippen LogP) is 3.09. The highest BCUT2D eigenvalue weighted by atomic mass is 16.4. The monoisotopic (exact) mass is 410 g/mol. The van der Waals surface area contributed by atoms with Crippen molar-refractivity contribution < 1.29 is 18.7 Å². The van der Waals surface area contributed by atoms with Crippen LogP contribution in [0.5, 0.6) is 0 Å². The van der Waals surface area contributed by atoms with Gasteiger partial charge in [0.2, 0.25) is 0 Å². The Hall–Kier alpha value is -3.52. The molecule has 0 bridgehead atoms. The van der Waals surface area contributed by atoms with Crippen LogP contribution >= 0.6 is 0 Å². The van der Waals surface area contributed by atoms with E-state index in [1.807, 2.05) is 31.2 Å². The van der Waals surface area contributed by atoms with Gasteiger partial charge in [-0.25, -0.2) is 4.99 Å². The third-order valence-corrected chi connectivity index (χ3v) is 4.37. The van der Waals surface area contributed by atoms with Crippen molar-refractivity contribution in [3.63, 3.8) is 0 Å². The van der Waals surface area contributed by atoms with Crippen LogP contribution in [0.25, 0.3) is 0 Å². The van der Waals surface area contributed by atoms with Crippen molar-refractivity contribution in [3.05, 3.63) is 78.1 Å². The average Bonchev–Trinajstić information content (AvgIpc) is 3.46. The Kier molecular flexibility index (Phi) is 6.92. The number of guanidine groups is 1. The lowest BCUT2D eigenvalue weighted by molar-refractivity contribution is 0.0386. The van der Waals surface area contributed by atoms with Crippen molar-refractivity contribution in [2.24, 2.45) is 4.99 Å². The molecule has 8 nitrogen and oxygen atoms in total. The van der Waals surface area contributed by atoms with Crippen molar-refractivity contribution in [1.29, 1.82) is 0 Å². The second-order valence-electron chi connectivity index (χ2n) is 6.93. The SMILES string of the molecule is CCNC(=NCc1ccc(NC(=O)c2ccco2)cc1)NCC(C)(O)c1ccco1. The zero-order valence-corrected chi connectivity index (χ0v) is 17.0. The maximum Gasteiger partial charge on any atom is 0.291 e. The zero-order chi connectivity index (χ0) is 21.4. The smallest absolute Gasteiger partial charge is 0.291 e. The molecule has 3 rings (SSSR count). The van der Waals surface area contributed by atoms with Crippen molar-refractivity contribution in [1.82, 2.24) is 10.6 Å². The Morgan fingerprint density at radius 1 is 1.07 bits per heavy atom. The van der Waals surface area contributed by atoms with E-state index < -0.39 is 5.60 Å². The van der Waals surface area contributed by atoms with E-state index in [2.05, 4.69) is 20.9 Å². The highest BCUT2D eigenvalue weighted by molar-refractivity contribution is 6.02. The number of nitrogens with one attached hydrogen (secondary N) is 3. The topological polar surface area (TPSA) is 112 Å². The van der Waals surface area contributed by atoms with Gasteiger partial charge in [-0.05, 0) is 55.8 Å².